The van der Waals surface area contributed by atoms with Gasteiger partial charge in [-0.2, -0.15) is 11.8 Å². The largest absolute Gasteiger partial charge is 0.315 e. The molecule has 0 radical (unpaired) electrons. The molecule has 0 amide bonds. The lowest BCUT2D eigenvalue weighted by Crippen LogP contribution is -2.36. The first kappa shape index (κ1) is 9.40. The van der Waals surface area contributed by atoms with Crippen LogP contribution in [0.15, 0.2) is 0 Å². The van der Waals surface area contributed by atoms with Crippen molar-refractivity contribution in [2.45, 2.75) is 20.8 Å². The van der Waals surface area contributed by atoms with Gasteiger partial charge in [0.1, 0.15) is 0 Å². The van der Waals surface area contributed by atoms with E-state index in [-0.39, 0.29) is 0 Å². The Labute approximate surface area is 74.3 Å². The van der Waals surface area contributed by atoms with Crippen LogP contribution in [0.2, 0.25) is 0 Å². The first-order valence-corrected chi connectivity index (χ1v) is 5.59. The second-order valence-electron chi connectivity index (χ2n) is 4.04. The molecule has 1 heterocycles. The lowest BCUT2D eigenvalue weighted by molar-refractivity contribution is 0.251. The highest BCUT2D eigenvalue weighted by molar-refractivity contribution is 7.99. The maximum Gasteiger partial charge on any atom is 0.00583 e. The molecule has 0 aliphatic carbocycles. The van der Waals surface area contributed by atoms with Crippen LogP contribution < -0.4 is 5.32 Å². The maximum absolute atomic E-state index is 3.50. The summed E-state index contributed by atoms with van der Waals surface area (Å²) in [6, 6.07) is 0. The normalized spacial score (nSPS) is 33.8. The third-order valence-electron chi connectivity index (χ3n) is 2.78. The highest BCUT2D eigenvalue weighted by atomic mass is 32.2. The van der Waals surface area contributed by atoms with Crippen LogP contribution in [-0.2, 0) is 0 Å². The Morgan fingerprint density at radius 2 is 2.18 bits per heavy atom. The highest BCUT2D eigenvalue weighted by Gasteiger charge is 2.28. The summed E-state index contributed by atoms with van der Waals surface area (Å²) in [7, 11) is 0. The Hall–Kier alpha value is 0.310. The molecule has 1 aliphatic heterocycles. The summed E-state index contributed by atoms with van der Waals surface area (Å²) in [5.74, 6) is 3.39. The van der Waals surface area contributed by atoms with Crippen molar-refractivity contribution >= 4 is 11.8 Å². The zero-order valence-electron chi connectivity index (χ0n) is 7.81. The van der Waals surface area contributed by atoms with Gasteiger partial charge in [-0.15, -0.1) is 0 Å². The average molecular weight is 173 g/mol. The number of thioether (sulfide) groups is 1. The number of hydrogen-bond acceptors (Lipinski definition) is 2. The van der Waals surface area contributed by atoms with Crippen molar-refractivity contribution < 1.29 is 0 Å². The molecular formula is C9H19NS. The van der Waals surface area contributed by atoms with E-state index in [9.17, 15) is 0 Å². The van der Waals surface area contributed by atoms with Crippen LogP contribution in [0.1, 0.15) is 20.8 Å². The average Bonchev–Trinajstić information content (AvgIpc) is 2.15. The molecule has 1 unspecified atom stereocenters. The lowest BCUT2D eigenvalue weighted by atomic mass is 9.81. The van der Waals surface area contributed by atoms with Gasteiger partial charge in [-0.25, -0.2) is 0 Å². The van der Waals surface area contributed by atoms with E-state index in [1.165, 1.54) is 24.6 Å². The van der Waals surface area contributed by atoms with Crippen molar-refractivity contribution in [1.29, 1.82) is 0 Å². The minimum absolute atomic E-state index is 0.515. The van der Waals surface area contributed by atoms with Gasteiger partial charge in [-0.05, 0) is 11.3 Å². The number of rotatable bonds is 1. The molecule has 66 valence electrons. The number of nitrogens with one attached hydrogen (secondary N) is 1. The molecule has 2 heteroatoms. The molecule has 0 aromatic rings. The van der Waals surface area contributed by atoms with Crippen molar-refractivity contribution in [2.75, 3.05) is 24.6 Å². The van der Waals surface area contributed by atoms with Crippen LogP contribution in [0, 0.1) is 11.3 Å². The minimum Gasteiger partial charge on any atom is -0.315 e. The van der Waals surface area contributed by atoms with E-state index in [2.05, 4.69) is 37.8 Å². The van der Waals surface area contributed by atoms with E-state index in [4.69, 9.17) is 0 Å². The van der Waals surface area contributed by atoms with E-state index in [1.54, 1.807) is 0 Å². The van der Waals surface area contributed by atoms with Gasteiger partial charge in [0.2, 0.25) is 0 Å². The maximum atomic E-state index is 3.50. The van der Waals surface area contributed by atoms with Crippen LogP contribution in [0.4, 0.5) is 0 Å². The van der Waals surface area contributed by atoms with E-state index < -0.39 is 0 Å². The molecule has 0 spiro atoms. The summed E-state index contributed by atoms with van der Waals surface area (Å²) >= 11 is 2.09. The lowest BCUT2D eigenvalue weighted by Gasteiger charge is -2.31. The topological polar surface area (TPSA) is 12.0 Å². The highest BCUT2D eigenvalue weighted by Crippen LogP contribution is 2.31. The predicted octanol–water partition coefficient (Wildman–Crippen LogP) is 1.99. The van der Waals surface area contributed by atoms with Gasteiger partial charge in [0.25, 0.3) is 0 Å². The van der Waals surface area contributed by atoms with E-state index in [0.717, 1.165) is 5.92 Å². The standard InChI is InChI=1S/C9H19NS/c1-8(2)9(3)6-10-4-5-11-7-9/h8,10H,4-7H2,1-3H3. The summed E-state index contributed by atoms with van der Waals surface area (Å²) in [5, 5.41) is 3.50. The molecular weight excluding hydrogens is 154 g/mol. The van der Waals surface area contributed by atoms with Crippen molar-refractivity contribution in [3.8, 4) is 0 Å². The molecule has 1 aliphatic rings. The van der Waals surface area contributed by atoms with Gasteiger partial charge in [-0.1, -0.05) is 20.8 Å². The molecule has 1 atom stereocenters. The van der Waals surface area contributed by atoms with E-state index in [1.807, 2.05) is 0 Å². The Morgan fingerprint density at radius 3 is 2.82 bits per heavy atom. The molecule has 0 bridgehead atoms. The molecule has 1 rings (SSSR count). The molecule has 1 saturated heterocycles. The Morgan fingerprint density at radius 1 is 1.45 bits per heavy atom. The Balaban J connectivity index is 2.52. The van der Waals surface area contributed by atoms with E-state index in [0.29, 0.717) is 5.41 Å². The summed E-state index contributed by atoms with van der Waals surface area (Å²) < 4.78 is 0. The fourth-order valence-electron chi connectivity index (χ4n) is 1.25. The van der Waals surface area contributed by atoms with Crippen molar-refractivity contribution in [3.63, 3.8) is 0 Å². The first-order chi connectivity index (χ1) is 5.15. The second kappa shape index (κ2) is 3.81. The second-order valence-corrected chi connectivity index (χ2v) is 5.14. The summed E-state index contributed by atoms with van der Waals surface area (Å²) in [5.41, 5.74) is 0.515. The molecule has 1 fully saturated rings. The fourth-order valence-corrected chi connectivity index (χ4v) is 2.58. The Bertz CT molecular complexity index is 115. The van der Waals surface area contributed by atoms with Gasteiger partial charge < -0.3 is 5.32 Å². The Kier molecular flexibility index (Phi) is 3.26. The van der Waals surface area contributed by atoms with Crippen molar-refractivity contribution in [2.24, 2.45) is 11.3 Å². The zero-order valence-corrected chi connectivity index (χ0v) is 8.63. The van der Waals surface area contributed by atoms with Crippen LogP contribution in [0.3, 0.4) is 0 Å². The molecule has 11 heavy (non-hydrogen) atoms. The van der Waals surface area contributed by atoms with Crippen LogP contribution in [0.5, 0.6) is 0 Å². The molecule has 1 N–H and O–H groups in total. The van der Waals surface area contributed by atoms with Gasteiger partial charge >= 0.3 is 0 Å². The van der Waals surface area contributed by atoms with Crippen molar-refractivity contribution in [3.05, 3.63) is 0 Å². The predicted molar refractivity (Wildman–Crippen MR) is 53.1 cm³/mol. The summed E-state index contributed by atoms with van der Waals surface area (Å²) in [4.78, 5) is 0. The first-order valence-electron chi connectivity index (χ1n) is 4.43. The SMILES string of the molecule is CC(C)C1(C)CNCCSC1. The molecule has 0 aromatic heterocycles. The zero-order chi connectivity index (χ0) is 8.32. The smallest absolute Gasteiger partial charge is 0.00583 e. The fraction of sp³-hybridized carbons (Fsp3) is 1.00. The van der Waals surface area contributed by atoms with Gasteiger partial charge in [0, 0.05) is 24.6 Å². The van der Waals surface area contributed by atoms with Crippen molar-refractivity contribution in [1.82, 2.24) is 5.32 Å². The van der Waals surface area contributed by atoms with E-state index >= 15 is 0 Å². The van der Waals surface area contributed by atoms with Gasteiger partial charge in [0.15, 0.2) is 0 Å². The summed E-state index contributed by atoms with van der Waals surface area (Å²) in [6.45, 7) is 9.43. The van der Waals surface area contributed by atoms with Crippen LogP contribution in [-0.4, -0.2) is 24.6 Å². The number of hydrogen-bond donors (Lipinski definition) is 1. The molecule has 1 nitrogen and oxygen atoms in total. The van der Waals surface area contributed by atoms with Crippen LogP contribution >= 0.6 is 11.8 Å². The van der Waals surface area contributed by atoms with Gasteiger partial charge in [-0.3, -0.25) is 0 Å². The third-order valence-corrected chi connectivity index (χ3v) is 4.13. The summed E-state index contributed by atoms with van der Waals surface area (Å²) in [6.07, 6.45) is 0. The van der Waals surface area contributed by atoms with Gasteiger partial charge in [0.05, 0.1) is 0 Å². The van der Waals surface area contributed by atoms with Crippen LogP contribution in [0.25, 0.3) is 0 Å². The minimum atomic E-state index is 0.515. The molecule has 0 saturated carbocycles. The molecule has 0 aromatic carbocycles. The third kappa shape index (κ3) is 2.38. The monoisotopic (exact) mass is 173 g/mol. The quantitative estimate of drug-likeness (QED) is 0.651.